The Labute approximate surface area is 294 Å². The molecular weight excluding hydrogens is 662 g/mol. The van der Waals surface area contributed by atoms with E-state index in [1.54, 1.807) is 30.3 Å². The summed E-state index contributed by atoms with van der Waals surface area (Å²) < 4.78 is 43.7. The molecule has 0 aliphatic carbocycles. The number of anilines is 1. The molecule has 2 amide bonds. The van der Waals surface area contributed by atoms with E-state index in [4.69, 9.17) is 14.2 Å². The van der Waals surface area contributed by atoms with Crippen molar-refractivity contribution in [3.63, 3.8) is 0 Å². The second kappa shape index (κ2) is 18.8. The Morgan fingerprint density at radius 2 is 1.51 bits per heavy atom. The lowest BCUT2D eigenvalue weighted by molar-refractivity contribution is -0.139. The van der Waals surface area contributed by atoms with Gasteiger partial charge in [-0.05, 0) is 84.3 Å². The van der Waals surface area contributed by atoms with Gasteiger partial charge in [-0.2, -0.15) is 0 Å². The molecule has 1 atom stereocenters. The van der Waals surface area contributed by atoms with E-state index < -0.39 is 41.4 Å². The maximum atomic E-state index is 13.5. The van der Waals surface area contributed by atoms with Gasteiger partial charge in [0, 0.05) is 23.7 Å². The first-order valence-corrected chi connectivity index (χ1v) is 16.5. The highest BCUT2D eigenvalue weighted by Crippen LogP contribution is 2.30. The third kappa shape index (κ3) is 11.9. The van der Waals surface area contributed by atoms with E-state index in [1.165, 1.54) is 62.8 Å². The van der Waals surface area contributed by atoms with Gasteiger partial charge in [0.2, 0.25) is 5.91 Å². The molecule has 0 aromatic heterocycles. The number of ether oxygens (including phenoxy) is 3. The molecule has 0 saturated carbocycles. The SMILES string of the molecule is CCCCCCCOc1ccc(C(=O)Oc2ccc(CC(NC(=O)c3cccc(NC(=O)Cc4cc(F)cc(F)c4)c3)C(=O)O)cc2OC)cc1. The molecule has 1 unspecified atom stereocenters. The van der Waals surface area contributed by atoms with Crippen LogP contribution < -0.4 is 24.8 Å². The van der Waals surface area contributed by atoms with Crippen molar-refractivity contribution in [1.29, 1.82) is 0 Å². The van der Waals surface area contributed by atoms with Crippen molar-refractivity contribution in [2.75, 3.05) is 19.0 Å². The minimum Gasteiger partial charge on any atom is -0.494 e. The van der Waals surface area contributed by atoms with Gasteiger partial charge in [0.15, 0.2) is 11.5 Å². The first-order valence-electron chi connectivity index (χ1n) is 16.5. The second-order valence-electron chi connectivity index (χ2n) is 11.8. The number of hydrogen-bond donors (Lipinski definition) is 3. The Morgan fingerprint density at radius 3 is 2.20 bits per heavy atom. The Bertz CT molecular complexity index is 1810. The molecule has 0 radical (unpaired) electrons. The summed E-state index contributed by atoms with van der Waals surface area (Å²) in [5.41, 5.74) is 1.20. The Morgan fingerprint density at radius 1 is 0.784 bits per heavy atom. The summed E-state index contributed by atoms with van der Waals surface area (Å²) >= 11 is 0. The van der Waals surface area contributed by atoms with Crippen LogP contribution in [-0.4, -0.2) is 48.6 Å². The van der Waals surface area contributed by atoms with E-state index in [-0.39, 0.29) is 41.2 Å². The van der Waals surface area contributed by atoms with Crippen molar-refractivity contribution in [3.05, 3.63) is 119 Å². The third-order valence-corrected chi connectivity index (χ3v) is 7.78. The van der Waals surface area contributed by atoms with Crippen molar-refractivity contribution < 1.29 is 47.3 Å². The lowest BCUT2D eigenvalue weighted by Gasteiger charge is -2.17. The topological polar surface area (TPSA) is 140 Å². The van der Waals surface area contributed by atoms with Gasteiger partial charge in [0.1, 0.15) is 23.4 Å². The quantitative estimate of drug-likeness (QED) is 0.0565. The van der Waals surface area contributed by atoms with E-state index in [2.05, 4.69) is 17.6 Å². The Hall–Kier alpha value is -5.78. The molecule has 10 nitrogen and oxygen atoms in total. The van der Waals surface area contributed by atoms with Gasteiger partial charge < -0.3 is 30.0 Å². The monoisotopic (exact) mass is 702 g/mol. The van der Waals surface area contributed by atoms with E-state index in [9.17, 15) is 33.1 Å². The lowest BCUT2D eigenvalue weighted by Crippen LogP contribution is -2.42. The number of carboxylic acids is 1. The number of carboxylic acid groups (broad SMARTS) is 1. The van der Waals surface area contributed by atoms with Crippen molar-refractivity contribution in [2.24, 2.45) is 0 Å². The van der Waals surface area contributed by atoms with Crippen molar-refractivity contribution in [2.45, 2.75) is 57.9 Å². The summed E-state index contributed by atoms with van der Waals surface area (Å²) in [4.78, 5) is 50.5. The number of unbranched alkanes of at least 4 members (excludes halogenated alkanes) is 4. The highest BCUT2D eigenvalue weighted by Gasteiger charge is 2.23. The molecule has 0 fully saturated rings. The number of halogens is 2. The predicted octanol–water partition coefficient (Wildman–Crippen LogP) is 7.15. The number of amides is 2. The summed E-state index contributed by atoms with van der Waals surface area (Å²) in [6.45, 7) is 2.76. The van der Waals surface area contributed by atoms with Gasteiger partial charge >= 0.3 is 11.9 Å². The van der Waals surface area contributed by atoms with Gasteiger partial charge in [-0.25, -0.2) is 18.4 Å². The molecule has 0 aliphatic heterocycles. The molecule has 51 heavy (non-hydrogen) atoms. The van der Waals surface area contributed by atoms with Crippen molar-refractivity contribution in [1.82, 2.24) is 5.32 Å². The second-order valence-corrected chi connectivity index (χ2v) is 11.8. The molecule has 3 N–H and O–H groups in total. The summed E-state index contributed by atoms with van der Waals surface area (Å²) in [5.74, 6) is -3.87. The van der Waals surface area contributed by atoms with Crippen LogP contribution in [0.5, 0.6) is 17.2 Å². The number of carbonyl (C=O) groups is 4. The molecule has 4 aromatic carbocycles. The number of benzene rings is 4. The third-order valence-electron chi connectivity index (χ3n) is 7.78. The average Bonchev–Trinajstić information content (AvgIpc) is 3.09. The molecule has 268 valence electrons. The fourth-order valence-electron chi connectivity index (χ4n) is 5.18. The fraction of sp³-hybridized carbons (Fsp3) is 0.282. The number of esters is 1. The Kier molecular flexibility index (Phi) is 14.0. The Balaban J connectivity index is 1.34. The smallest absolute Gasteiger partial charge is 0.343 e. The zero-order chi connectivity index (χ0) is 36.8. The molecule has 0 aliphatic rings. The van der Waals surface area contributed by atoms with E-state index in [1.807, 2.05) is 0 Å². The van der Waals surface area contributed by atoms with E-state index in [0.717, 1.165) is 25.0 Å². The number of hydrogen-bond acceptors (Lipinski definition) is 7. The van der Waals surface area contributed by atoms with Crippen LogP contribution in [0.15, 0.2) is 84.9 Å². The largest absolute Gasteiger partial charge is 0.494 e. The fourth-order valence-corrected chi connectivity index (χ4v) is 5.18. The summed E-state index contributed by atoms with van der Waals surface area (Å²) in [6, 6.07) is 18.4. The zero-order valence-electron chi connectivity index (χ0n) is 28.4. The first-order chi connectivity index (χ1) is 24.5. The van der Waals surface area contributed by atoms with E-state index >= 15 is 0 Å². The molecular formula is C39H40F2N2O8. The molecule has 0 bridgehead atoms. The van der Waals surface area contributed by atoms with E-state index in [0.29, 0.717) is 29.5 Å². The summed E-state index contributed by atoms with van der Waals surface area (Å²) in [6.07, 6.45) is 5.19. The first kappa shape index (κ1) is 38.0. The molecule has 0 heterocycles. The van der Waals surface area contributed by atoms with Gasteiger partial charge in [-0.1, -0.05) is 44.7 Å². The maximum absolute atomic E-state index is 13.5. The number of rotatable bonds is 18. The van der Waals surface area contributed by atoms with Crippen LogP contribution in [0.1, 0.15) is 70.9 Å². The van der Waals surface area contributed by atoms with Crippen LogP contribution in [0.2, 0.25) is 0 Å². The molecule has 4 rings (SSSR count). The number of nitrogens with one attached hydrogen (secondary N) is 2. The van der Waals surface area contributed by atoms with Gasteiger partial charge in [0.25, 0.3) is 5.91 Å². The molecule has 0 saturated heterocycles. The van der Waals surface area contributed by atoms with Gasteiger partial charge in [-0.3, -0.25) is 9.59 Å². The minimum absolute atomic E-state index is 0.0673. The van der Waals surface area contributed by atoms with Gasteiger partial charge in [-0.15, -0.1) is 0 Å². The highest BCUT2D eigenvalue weighted by molar-refractivity contribution is 5.99. The van der Waals surface area contributed by atoms with Gasteiger partial charge in [0.05, 0.1) is 25.7 Å². The zero-order valence-corrected chi connectivity index (χ0v) is 28.4. The lowest BCUT2D eigenvalue weighted by atomic mass is 10.0. The van der Waals surface area contributed by atoms with Crippen LogP contribution in [-0.2, 0) is 22.4 Å². The average molecular weight is 703 g/mol. The molecule has 4 aromatic rings. The van der Waals surface area contributed by atoms with Crippen LogP contribution in [0.4, 0.5) is 14.5 Å². The van der Waals surface area contributed by atoms with Crippen molar-refractivity contribution >= 4 is 29.4 Å². The molecule has 12 heteroatoms. The standard InChI is InChI=1S/C39H40F2N2O8/c1-3-4-5-6-7-17-50-32-14-12-27(13-15-32)39(48)51-34-16-11-25(21-35(34)49-2)20-33(38(46)47)43-37(45)28-9-8-10-31(23-28)42-36(44)22-26-18-29(40)24-30(41)19-26/h8-16,18-19,21,23-24,33H,3-7,17,20,22H2,1-2H3,(H,42,44)(H,43,45)(H,46,47). The number of methoxy groups -OCH3 is 1. The van der Waals surface area contributed by atoms with Crippen molar-refractivity contribution in [3.8, 4) is 17.2 Å². The maximum Gasteiger partial charge on any atom is 0.343 e. The minimum atomic E-state index is -1.35. The van der Waals surface area contributed by atoms with Crippen LogP contribution in [0, 0.1) is 11.6 Å². The van der Waals surface area contributed by atoms with Crippen LogP contribution >= 0.6 is 0 Å². The number of aliphatic carboxylic acids is 1. The molecule has 0 spiro atoms. The summed E-state index contributed by atoms with van der Waals surface area (Å²) in [5, 5.41) is 14.9. The van der Waals surface area contributed by atoms with Crippen LogP contribution in [0.25, 0.3) is 0 Å². The normalized spacial score (nSPS) is 11.3. The number of carbonyl (C=O) groups excluding carboxylic acids is 3. The van der Waals surface area contributed by atoms with Crippen LogP contribution in [0.3, 0.4) is 0 Å². The highest BCUT2D eigenvalue weighted by atomic mass is 19.1. The predicted molar refractivity (Wildman–Crippen MR) is 186 cm³/mol. The summed E-state index contributed by atoms with van der Waals surface area (Å²) in [7, 11) is 1.38.